The molecule has 1 aromatic carbocycles. The van der Waals surface area contributed by atoms with E-state index in [-0.39, 0.29) is 17.9 Å². The SMILES string of the molecule is CCCCCCNC(=O)C(C)N1CCN(C(=O)/C=C/c2cc(OC)c(OC)c(OC)c2)CC1. The third kappa shape index (κ3) is 7.67. The van der Waals surface area contributed by atoms with Crippen LogP contribution in [0.4, 0.5) is 0 Å². The van der Waals surface area contributed by atoms with Crippen LogP contribution >= 0.6 is 0 Å². The number of hydrogen-bond donors (Lipinski definition) is 1. The van der Waals surface area contributed by atoms with Gasteiger partial charge in [0.05, 0.1) is 27.4 Å². The highest BCUT2D eigenvalue weighted by atomic mass is 16.5. The number of piperazine rings is 1. The molecule has 0 bridgehead atoms. The third-order valence-corrected chi connectivity index (χ3v) is 5.99. The van der Waals surface area contributed by atoms with E-state index in [1.807, 2.05) is 6.92 Å². The lowest BCUT2D eigenvalue weighted by Gasteiger charge is -2.37. The van der Waals surface area contributed by atoms with Gasteiger partial charge < -0.3 is 24.4 Å². The largest absolute Gasteiger partial charge is 0.493 e. The minimum absolute atomic E-state index is 0.0589. The van der Waals surface area contributed by atoms with E-state index in [2.05, 4.69) is 17.1 Å². The van der Waals surface area contributed by atoms with Crippen LogP contribution in [0.25, 0.3) is 6.08 Å². The molecule has 1 atom stereocenters. The highest BCUT2D eigenvalue weighted by Gasteiger charge is 2.26. The van der Waals surface area contributed by atoms with Crippen LogP contribution in [0.1, 0.15) is 45.1 Å². The van der Waals surface area contributed by atoms with Gasteiger partial charge in [0.15, 0.2) is 11.5 Å². The maximum Gasteiger partial charge on any atom is 0.246 e. The molecule has 184 valence electrons. The smallest absolute Gasteiger partial charge is 0.246 e. The Morgan fingerprint density at radius 2 is 1.64 bits per heavy atom. The summed E-state index contributed by atoms with van der Waals surface area (Å²) in [7, 11) is 4.67. The zero-order valence-electron chi connectivity index (χ0n) is 20.7. The molecular formula is C25H39N3O5. The normalized spacial score (nSPS) is 15.4. The van der Waals surface area contributed by atoms with Crippen molar-refractivity contribution in [1.82, 2.24) is 15.1 Å². The summed E-state index contributed by atoms with van der Waals surface area (Å²) >= 11 is 0. The average Bonchev–Trinajstić information content (AvgIpc) is 2.85. The summed E-state index contributed by atoms with van der Waals surface area (Å²) in [6.45, 7) is 7.37. The predicted octanol–water partition coefficient (Wildman–Crippen LogP) is 2.95. The molecule has 0 spiro atoms. The number of carbonyl (C=O) groups excluding carboxylic acids is 2. The predicted molar refractivity (Wildman–Crippen MR) is 130 cm³/mol. The van der Waals surface area contributed by atoms with E-state index in [1.165, 1.54) is 12.8 Å². The molecule has 1 fully saturated rings. The van der Waals surface area contributed by atoms with Crippen molar-refractivity contribution < 1.29 is 23.8 Å². The number of ether oxygens (including phenoxy) is 3. The number of benzene rings is 1. The van der Waals surface area contributed by atoms with Crippen LogP contribution in [0.2, 0.25) is 0 Å². The Kier molecular flexibility index (Phi) is 11.0. The van der Waals surface area contributed by atoms with Crippen LogP contribution in [-0.4, -0.2) is 81.7 Å². The minimum Gasteiger partial charge on any atom is -0.493 e. The second-order valence-electron chi connectivity index (χ2n) is 8.18. The summed E-state index contributed by atoms with van der Waals surface area (Å²) < 4.78 is 16.1. The van der Waals surface area contributed by atoms with Crippen molar-refractivity contribution in [1.29, 1.82) is 0 Å². The van der Waals surface area contributed by atoms with Gasteiger partial charge in [-0.3, -0.25) is 14.5 Å². The van der Waals surface area contributed by atoms with Crippen molar-refractivity contribution in [3.05, 3.63) is 23.8 Å². The van der Waals surface area contributed by atoms with Crippen molar-refractivity contribution in [2.24, 2.45) is 0 Å². The van der Waals surface area contributed by atoms with E-state index in [0.29, 0.717) is 43.4 Å². The zero-order valence-corrected chi connectivity index (χ0v) is 20.7. The minimum atomic E-state index is -0.191. The van der Waals surface area contributed by atoms with Gasteiger partial charge in [0.25, 0.3) is 0 Å². The summed E-state index contributed by atoms with van der Waals surface area (Å²) in [6.07, 6.45) is 7.86. The topological polar surface area (TPSA) is 80.3 Å². The Morgan fingerprint density at radius 1 is 1.00 bits per heavy atom. The fraction of sp³-hybridized carbons (Fsp3) is 0.600. The van der Waals surface area contributed by atoms with Crippen molar-refractivity contribution in [2.45, 2.75) is 45.6 Å². The summed E-state index contributed by atoms with van der Waals surface area (Å²) in [5.74, 6) is 1.59. The Labute approximate surface area is 197 Å². The van der Waals surface area contributed by atoms with Crippen LogP contribution < -0.4 is 19.5 Å². The maximum atomic E-state index is 12.7. The number of nitrogens with zero attached hydrogens (tertiary/aromatic N) is 2. The molecule has 8 nitrogen and oxygen atoms in total. The molecular weight excluding hydrogens is 422 g/mol. The first-order valence-corrected chi connectivity index (χ1v) is 11.7. The lowest BCUT2D eigenvalue weighted by molar-refractivity contribution is -0.130. The standard InChI is InChI=1S/C25H39N3O5/c1-6-7-8-9-12-26-25(30)19(2)27-13-15-28(16-14-27)23(29)11-10-20-17-21(31-3)24(33-5)22(18-20)32-4/h10-11,17-19H,6-9,12-16H2,1-5H3,(H,26,30)/b11-10+. The number of carbonyl (C=O) groups is 2. The molecule has 1 aliphatic heterocycles. The van der Waals surface area contributed by atoms with Crippen LogP contribution in [-0.2, 0) is 9.59 Å². The van der Waals surface area contributed by atoms with Gasteiger partial charge in [-0.2, -0.15) is 0 Å². The number of rotatable bonds is 12. The summed E-state index contributed by atoms with van der Waals surface area (Å²) in [4.78, 5) is 29.1. The Bertz CT molecular complexity index is 778. The first-order chi connectivity index (χ1) is 15.9. The lowest BCUT2D eigenvalue weighted by atomic mass is 10.1. The quantitative estimate of drug-likeness (QED) is 0.381. The molecule has 1 unspecified atom stereocenters. The molecule has 0 aliphatic carbocycles. The van der Waals surface area contributed by atoms with Gasteiger partial charge in [0, 0.05) is 38.8 Å². The maximum absolute atomic E-state index is 12.7. The molecule has 1 aromatic rings. The van der Waals surface area contributed by atoms with Crippen LogP contribution in [0.15, 0.2) is 18.2 Å². The molecule has 2 amide bonds. The van der Waals surface area contributed by atoms with Gasteiger partial charge in [0.2, 0.25) is 17.6 Å². The van der Waals surface area contributed by atoms with Crippen molar-refractivity contribution >= 4 is 17.9 Å². The first-order valence-electron chi connectivity index (χ1n) is 11.7. The molecule has 0 radical (unpaired) electrons. The molecule has 8 heteroatoms. The molecule has 1 N–H and O–H groups in total. The molecule has 1 heterocycles. The highest BCUT2D eigenvalue weighted by molar-refractivity contribution is 5.92. The van der Waals surface area contributed by atoms with Gasteiger partial charge in [-0.25, -0.2) is 0 Å². The second kappa shape index (κ2) is 13.7. The van der Waals surface area contributed by atoms with E-state index in [1.54, 1.807) is 50.5 Å². The summed E-state index contributed by atoms with van der Waals surface area (Å²) in [5, 5.41) is 3.04. The molecule has 0 saturated carbocycles. The first kappa shape index (κ1) is 26.5. The number of amides is 2. The number of hydrogen-bond acceptors (Lipinski definition) is 6. The molecule has 0 aromatic heterocycles. The fourth-order valence-corrected chi connectivity index (χ4v) is 3.88. The highest BCUT2D eigenvalue weighted by Crippen LogP contribution is 2.38. The van der Waals surface area contributed by atoms with Crippen molar-refractivity contribution in [3.63, 3.8) is 0 Å². The van der Waals surface area contributed by atoms with E-state index in [9.17, 15) is 9.59 Å². The number of unbranched alkanes of at least 4 members (excludes halogenated alkanes) is 3. The number of methoxy groups -OCH3 is 3. The number of nitrogens with one attached hydrogen (secondary N) is 1. The zero-order chi connectivity index (χ0) is 24.2. The van der Waals surface area contributed by atoms with Crippen LogP contribution in [0.5, 0.6) is 17.2 Å². The van der Waals surface area contributed by atoms with Crippen LogP contribution in [0, 0.1) is 0 Å². The Hall–Kier alpha value is -2.74. The van der Waals surface area contributed by atoms with Gasteiger partial charge in [-0.15, -0.1) is 0 Å². The van der Waals surface area contributed by atoms with Crippen molar-refractivity contribution in [3.8, 4) is 17.2 Å². The van der Waals surface area contributed by atoms with E-state index >= 15 is 0 Å². The average molecular weight is 462 g/mol. The van der Waals surface area contributed by atoms with E-state index < -0.39 is 0 Å². The molecule has 1 saturated heterocycles. The summed E-state index contributed by atoms with van der Waals surface area (Å²) in [5.41, 5.74) is 0.778. The van der Waals surface area contributed by atoms with E-state index in [4.69, 9.17) is 14.2 Å². The third-order valence-electron chi connectivity index (χ3n) is 5.99. The molecule has 2 rings (SSSR count). The fourth-order valence-electron chi connectivity index (χ4n) is 3.88. The Balaban J connectivity index is 1.86. The molecule has 1 aliphatic rings. The van der Waals surface area contributed by atoms with Gasteiger partial charge in [0.1, 0.15) is 0 Å². The van der Waals surface area contributed by atoms with Gasteiger partial charge >= 0.3 is 0 Å². The second-order valence-corrected chi connectivity index (χ2v) is 8.18. The van der Waals surface area contributed by atoms with Crippen molar-refractivity contribution in [2.75, 3.05) is 54.1 Å². The Morgan fingerprint density at radius 3 is 2.18 bits per heavy atom. The van der Waals surface area contributed by atoms with Gasteiger partial charge in [-0.1, -0.05) is 26.2 Å². The van der Waals surface area contributed by atoms with Gasteiger partial charge in [-0.05, 0) is 37.1 Å². The van der Waals surface area contributed by atoms with Crippen LogP contribution in [0.3, 0.4) is 0 Å². The summed E-state index contributed by atoms with van der Waals surface area (Å²) in [6, 6.07) is 3.40. The van der Waals surface area contributed by atoms with E-state index in [0.717, 1.165) is 24.9 Å². The molecule has 33 heavy (non-hydrogen) atoms. The monoisotopic (exact) mass is 461 g/mol. The lowest BCUT2D eigenvalue weighted by Crippen LogP contribution is -2.54.